The highest BCUT2D eigenvalue weighted by atomic mass is 79.9. The number of rotatable bonds is 2. The van der Waals surface area contributed by atoms with Crippen LogP contribution in [-0.2, 0) is 10.9 Å². The highest BCUT2D eigenvalue weighted by molar-refractivity contribution is 9.10. The molecule has 1 rings (SSSR count). The summed E-state index contributed by atoms with van der Waals surface area (Å²) in [6.45, 7) is 4.01. The van der Waals surface area contributed by atoms with Gasteiger partial charge in [-0.15, -0.1) is 0 Å². The zero-order chi connectivity index (χ0) is 10.1. The lowest BCUT2D eigenvalue weighted by molar-refractivity contribution is 0.553. The maximum Gasteiger partial charge on any atom is 0.0352 e. The van der Waals surface area contributed by atoms with Gasteiger partial charge in [0.2, 0.25) is 0 Å². The molecule has 3 heteroatoms. The molecule has 0 atom stereocenters. The van der Waals surface area contributed by atoms with Crippen LogP contribution in [-0.4, -0.2) is 0 Å². The Morgan fingerprint density at radius 2 is 1.92 bits per heavy atom. The molecule has 1 aromatic rings. The van der Waals surface area contributed by atoms with Crippen LogP contribution in [0.2, 0.25) is 0 Å². The van der Waals surface area contributed by atoms with Gasteiger partial charge in [-0.25, -0.2) is 0 Å². The van der Waals surface area contributed by atoms with Crippen LogP contribution in [0.5, 0.6) is 0 Å². The van der Waals surface area contributed by atoms with E-state index in [2.05, 4.69) is 50.1 Å². The van der Waals surface area contributed by atoms with Crippen molar-refractivity contribution < 1.29 is 0 Å². The van der Waals surface area contributed by atoms with Crippen molar-refractivity contribution >= 4 is 31.9 Å². The molecule has 0 saturated carbocycles. The van der Waals surface area contributed by atoms with Gasteiger partial charge < -0.3 is 5.73 Å². The zero-order valence-corrected chi connectivity index (χ0v) is 10.9. The van der Waals surface area contributed by atoms with E-state index in [1.54, 1.807) is 0 Å². The van der Waals surface area contributed by atoms with Gasteiger partial charge in [0.1, 0.15) is 0 Å². The van der Waals surface area contributed by atoms with Gasteiger partial charge in [-0.3, -0.25) is 0 Å². The first-order valence-corrected chi connectivity index (χ1v) is 5.99. The minimum absolute atomic E-state index is 0.277. The highest BCUT2D eigenvalue weighted by Gasteiger charge is 2.14. The number of alkyl halides is 1. The van der Waals surface area contributed by atoms with Crippen molar-refractivity contribution in [3.8, 4) is 0 Å². The number of halogens is 2. The summed E-state index contributed by atoms with van der Waals surface area (Å²) in [5, 5.41) is 0.857. The highest BCUT2D eigenvalue weighted by Crippen LogP contribution is 2.24. The molecule has 0 amide bonds. The third-order valence-electron chi connectivity index (χ3n) is 1.86. The topological polar surface area (TPSA) is 26.0 Å². The molecule has 0 aliphatic carbocycles. The Hall–Kier alpha value is 0.140. The third-order valence-corrected chi connectivity index (χ3v) is 2.96. The maximum absolute atomic E-state index is 6.01. The Balaban J connectivity index is 3.16. The van der Waals surface area contributed by atoms with Crippen molar-refractivity contribution in [2.45, 2.75) is 24.7 Å². The summed E-state index contributed by atoms with van der Waals surface area (Å²) < 4.78 is 1.08. The van der Waals surface area contributed by atoms with Crippen LogP contribution < -0.4 is 5.73 Å². The van der Waals surface area contributed by atoms with E-state index >= 15 is 0 Å². The van der Waals surface area contributed by atoms with Crippen LogP contribution in [0.25, 0.3) is 0 Å². The van der Waals surface area contributed by atoms with Crippen LogP contribution in [0.1, 0.15) is 25.0 Å². The number of nitrogens with two attached hydrogens (primary N) is 1. The lowest BCUT2D eigenvalue weighted by Gasteiger charge is -2.20. The quantitative estimate of drug-likeness (QED) is 0.831. The molecule has 0 fully saturated rings. The smallest absolute Gasteiger partial charge is 0.0352 e. The van der Waals surface area contributed by atoms with E-state index in [4.69, 9.17) is 5.73 Å². The van der Waals surface area contributed by atoms with Gasteiger partial charge in [-0.2, -0.15) is 0 Å². The molecule has 0 radical (unpaired) electrons. The molecule has 0 unspecified atom stereocenters. The maximum atomic E-state index is 6.01. The van der Waals surface area contributed by atoms with Gasteiger partial charge in [0.15, 0.2) is 0 Å². The zero-order valence-electron chi connectivity index (χ0n) is 7.77. The minimum Gasteiger partial charge on any atom is -0.322 e. The lowest BCUT2D eigenvalue weighted by Crippen LogP contribution is -2.28. The summed E-state index contributed by atoms with van der Waals surface area (Å²) in [5.74, 6) is 0. The molecular formula is C10H13Br2N. The monoisotopic (exact) mass is 305 g/mol. The van der Waals surface area contributed by atoms with Gasteiger partial charge in [0, 0.05) is 15.3 Å². The average molecular weight is 307 g/mol. The van der Waals surface area contributed by atoms with Crippen LogP contribution in [0, 0.1) is 0 Å². The second-order valence-corrected chi connectivity index (χ2v) is 5.18. The Morgan fingerprint density at radius 3 is 2.38 bits per heavy atom. The molecule has 0 bridgehead atoms. The molecule has 0 aliphatic rings. The van der Waals surface area contributed by atoms with E-state index in [1.807, 2.05) is 13.8 Å². The largest absolute Gasteiger partial charge is 0.322 e. The van der Waals surface area contributed by atoms with Crippen LogP contribution >= 0.6 is 31.9 Å². The van der Waals surface area contributed by atoms with Crippen LogP contribution in [0.4, 0.5) is 0 Å². The van der Waals surface area contributed by atoms with Crippen molar-refractivity contribution in [3.63, 3.8) is 0 Å². The fourth-order valence-electron chi connectivity index (χ4n) is 1.10. The first-order chi connectivity index (χ1) is 5.93. The van der Waals surface area contributed by atoms with Gasteiger partial charge in [0.25, 0.3) is 0 Å². The normalized spacial score (nSPS) is 11.8. The summed E-state index contributed by atoms with van der Waals surface area (Å²) in [7, 11) is 0. The second-order valence-electron chi connectivity index (χ2n) is 3.70. The van der Waals surface area contributed by atoms with Gasteiger partial charge in [-0.1, -0.05) is 37.9 Å². The first kappa shape index (κ1) is 11.2. The fourth-order valence-corrected chi connectivity index (χ4v) is 1.96. The Morgan fingerprint density at radius 1 is 1.31 bits per heavy atom. The predicted octanol–water partition coefficient (Wildman–Crippen LogP) is 3.54. The SMILES string of the molecule is CC(C)(N)c1cc(Br)cc(CBr)c1. The molecule has 72 valence electrons. The molecule has 1 nitrogen and oxygen atoms in total. The van der Waals surface area contributed by atoms with Gasteiger partial charge in [0.05, 0.1) is 0 Å². The first-order valence-electron chi connectivity index (χ1n) is 4.08. The Kier molecular flexibility index (Phi) is 3.55. The van der Waals surface area contributed by atoms with Gasteiger partial charge in [-0.05, 0) is 37.1 Å². The molecular weight excluding hydrogens is 294 g/mol. The lowest BCUT2D eigenvalue weighted by atomic mass is 9.94. The summed E-state index contributed by atoms with van der Waals surface area (Å²) in [6.07, 6.45) is 0. The summed E-state index contributed by atoms with van der Waals surface area (Å²) in [5.41, 5.74) is 8.12. The molecule has 0 aliphatic heterocycles. The molecule has 13 heavy (non-hydrogen) atoms. The van der Waals surface area contributed by atoms with Crippen molar-refractivity contribution in [1.29, 1.82) is 0 Å². The van der Waals surface area contributed by atoms with Gasteiger partial charge >= 0.3 is 0 Å². The van der Waals surface area contributed by atoms with Crippen LogP contribution in [0.3, 0.4) is 0 Å². The summed E-state index contributed by atoms with van der Waals surface area (Å²) >= 11 is 6.90. The Bertz CT molecular complexity index is 302. The molecule has 1 aromatic carbocycles. The van der Waals surface area contributed by atoms with E-state index in [-0.39, 0.29) is 5.54 Å². The molecule has 2 N–H and O–H groups in total. The predicted molar refractivity (Wildman–Crippen MR) is 64.0 cm³/mol. The number of hydrogen-bond donors (Lipinski definition) is 1. The summed E-state index contributed by atoms with van der Waals surface area (Å²) in [4.78, 5) is 0. The van der Waals surface area contributed by atoms with Crippen molar-refractivity contribution in [2.24, 2.45) is 5.73 Å². The van der Waals surface area contributed by atoms with Crippen LogP contribution in [0.15, 0.2) is 22.7 Å². The molecule has 0 saturated heterocycles. The third kappa shape index (κ3) is 3.08. The Labute approximate surface area is 96.0 Å². The van der Waals surface area contributed by atoms with Crippen molar-refractivity contribution in [3.05, 3.63) is 33.8 Å². The van der Waals surface area contributed by atoms with E-state index in [9.17, 15) is 0 Å². The molecule has 0 heterocycles. The number of hydrogen-bond acceptors (Lipinski definition) is 1. The molecule has 0 spiro atoms. The van der Waals surface area contributed by atoms with E-state index < -0.39 is 0 Å². The number of benzene rings is 1. The minimum atomic E-state index is -0.277. The van der Waals surface area contributed by atoms with E-state index in [1.165, 1.54) is 5.56 Å². The standard InChI is InChI=1S/C10H13Br2N/c1-10(2,13)8-3-7(6-11)4-9(12)5-8/h3-5H,6,13H2,1-2H3. The second kappa shape index (κ2) is 4.11. The van der Waals surface area contributed by atoms with E-state index in [0.717, 1.165) is 15.4 Å². The van der Waals surface area contributed by atoms with Crippen molar-refractivity contribution in [2.75, 3.05) is 0 Å². The average Bonchev–Trinajstić information content (AvgIpc) is 2.01. The summed E-state index contributed by atoms with van der Waals surface area (Å²) in [6, 6.07) is 6.27. The van der Waals surface area contributed by atoms with Crippen molar-refractivity contribution in [1.82, 2.24) is 0 Å². The fraction of sp³-hybridized carbons (Fsp3) is 0.400. The van der Waals surface area contributed by atoms with E-state index in [0.29, 0.717) is 0 Å². The molecule has 0 aromatic heterocycles.